The van der Waals surface area contributed by atoms with Gasteiger partial charge in [0.05, 0.1) is 18.5 Å². The topological polar surface area (TPSA) is 66.0 Å². The molecule has 0 aromatic carbocycles. The zero-order chi connectivity index (χ0) is 11.2. The number of anilines is 1. The fourth-order valence-electron chi connectivity index (χ4n) is 1.82. The lowest BCUT2D eigenvalue weighted by molar-refractivity contribution is 0.401. The second kappa shape index (κ2) is 3.12. The quantitative estimate of drug-likeness (QED) is 0.760. The Bertz CT molecular complexity index is 530. The summed E-state index contributed by atoms with van der Waals surface area (Å²) in [6.45, 7) is 3.90. The van der Waals surface area contributed by atoms with Crippen LogP contribution in [0.5, 0.6) is 5.88 Å². The smallest absolute Gasteiger partial charge is 0.239 e. The minimum absolute atomic E-state index is 0.461. The fraction of sp³-hybridized carbons (Fsp3) is 0.400. The SMILES string of the molecule is COc1nc2c(c(C)nn2C)c(C)c1N. The summed E-state index contributed by atoms with van der Waals surface area (Å²) in [5.41, 5.74) is 9.21. The third-order valence-corrected chi connectivity index (χ3v) is 2.60. The lowest BCUT2D eigenvalue weighted by Crippen LogP contribution is -2.00. The number of hydrogen-bond acceptors (Lipinski definition) is 4. The maximum atomic E-state index is 5.91. The van der Waals surface area contributed by atoms with E-state index in [2.05, 4.69) is 10.1 Å². The second-order valence-electron chi connectivity index (χ2n) is 3.57. The first-order chi connectivity index (χ1) is 7.06. The number of rotatable bonds is 1. The Morgan fingerprint density at radius 2 is 2.00 bits per heavy atom. The first kappa shape index (κ1) is 9.76. The molecular weight excluding hydrogens is 192 g/mol. The number of methoxy groups -OCH3 is 1. The number of aromatic nitrogens is 3. The van der Waals surface area contributed by atoms with E-state index in [9.17, 15) is 0 Å². The van der Waals surface area contributed by atoms with Crippen LogP contribution in [-0.4, -0.2) is 21.9 Å². The Morgan fingerprint density at radius 3 is 2.60 bits per heavy atom. The summed E-state index contributed by atoms with van der Waals surface area (Å²) in [5, 5.41) is 5.32. The van der Waals surface area contributed by atoms with Crippen LogP contribution in [0.15, 0.2) is 0 Å². The summed E-state index contributed by atoms with van der Waals surface area (Å²) in [7, 11) is 3.42. The van der Waals surface area contributed by atoms with Gasteiger partial charge in [0.15, 0.2) is 5.65 Å². The van der Waals surface area contributed by atoms with Gasteiger partial charge in [-0.25, -0.2) is 0 Å². The van der Waals surface area contributed by atoms with E-state index in [4.69, 9.17) is 10.5 Å². The molecule has 5 heteroatoms. The number of fused-ring (bicyclic) bond motifs is 1. The zero-order valence-corrected chi connectivity index (χ0v) is 9.33. The number of ether oxygens (including phenoxy) is 1. The third kappa shape index (κ3) is 1.23. The van der Waals surface area contributed by atoms with Gasteiger partial charge in [-0.15, -0.1) is 0 Å². The molecule has 2 rings (SSSR count). The van der Waals surface area contributed by atoms with Gasteiger partial charge in [0.2, 0.25) is 5.88 Å². The van der Waals surface area contributed by atoms with Crippen molar-refractivity contribution in [3.05, 3.63) is 11.3 Å². The van der Waals surface area contributed by atoms with Gasteiger partial charge >= 0.3 is 0 Å². The van der Waals surface area contributed by atoms with Crippen LogP contribution in [0.3, 0.4) is 0 Å². The van der Waals surface area contributed by atoms with Gasteiger partial charge in [0.25, 0.3) is 0 Å². The normalized spacial score (nSPS) is 10.9. The van der Waals surface area contributed by atoms with Crippen LogP contribution in [0.25, 0.3) is 11.0 Å². The highest BCUT2D eigenvalue weighted by molar-refractivity contribution is 5.87. The summed E-state index contributed by atoms with van der Waals surface area (Å²) in [6.07, 6.45) is 0. The minimum Gasteiger partial charge on any atom is -0.479 e. The van der Waals surface area contributed by atoms with E-state index in [-0.39, 0.29) is 0 Å². The van der Waals surface area contributed by atoms with Gasteiger partial charge in [-0.3, -0.25) is 4.68 Å². The summed E-state index contributed by atoms with van der Waals surface area (Å²) in [4.78, 5) is 4.33. The maximum Gasteiger partial charge on any atom is 0.239 e. The van der Waals surface area contributed by atoms with Crippen molar-refractivity contribution in [2.45, 2.75) is 13.8 Å². The molecule has 15 heavy (non-hydrogen) atoms. The van der Waals surface area contributed by atoms with Crippen LogP contribution in [0.1, 0.15) is 11.3 Å². The van der Waals surface area contributed by atoms with Gasteiger partial charge in [0, 0.05) is 12.4 Å². The van der Waals surface area contributed by atoms with E-state index in [0.29, 0.717) is 11.6 Å². The molecule has 0 aliphatic heterocycles. The number of nitrogen functional groups attached to an aromatic ring is 1. The Morgan fingerprint density at radius 1 is 1.33 bits per heavy atom. The predicted octanol–water partition coefficient (Wildman–Crippen LogP) is 1.18. The van der Waals surface area contributed by atoms with Crippen molar-refractivity contribution in [3.8, 4) is 5.88 Å². The van der Waals surface area contributed by atoms with E-state index >= 15 is 0 Å². The lowest BCUT2D eigenvalue weighted by Gasteiger charge is -2.07. The average Bonchev–Trinajstić information content (AvgIpc) is 2.47. The van der Waals surface area contributed by atoms with Crippen LogP contribution in [0.2, 0.25) is 0 Å². The highest BCUT2D eigenvalue weighted by Gasteiger charge is 2.15. The van der Waals surface area contributed by atoms with E-state index in [1.165, 1.54) is 0 Å². The molecule has 0 amide bonds. The zero-order valence-electron chi connectivity index (χ0n) is 9.33. The van der Waals surface area contributed by atoms with Crippen molar-refractivity contribution in [2.24, 2.45) is 7.05 Å². The minimum atomic E-state index is 0.461. The molecule has 0 radical (unpaired) electrons. The Labute approximate surface area is 87.9 Å². The van der Waals surface area contributed by atoms with Crippen LogP contribution >= 0.6 is 0 Å². The van der Waals surface area contributed by atoms with Gasteiger partial charge < -0.3 is 10.5 Å². The number of nitrogens with two attached hydrogens (primary N) is 1. The van der Waals surface area contributed by atoms with Crippen LogP contribution in [0.4, 0.5) is 5.69 Å². The van der Waals surface area contributed by atoms with Gasteiger partial charge in [-0.2, -0.15) is 10.1 Å². The van der Waals surface area contributed by atoms with Crippen molar-refractivity contribution < 1.29 is 4.74 Å². The average molecular weight is 206 g/mol. The molecule has 0 spiro atoms. The maximum absolute atomic E-state index is 5.91. The van der Waals surface area contributed by atoms with E-state index in [1.807, 2.05) is 20.9 Å². The van der Waals surface area contributed by atoms with Crippen molar-refractivity contribution in [3.63, 3.8) is 0 Å². The van der Waals surface area contributed by atoms with Crippen LogP contribution < -0.4 is 10.5 Å². The van der Waals surface area contributed by atoms with E-state index in [0.717, 1.165) is 22.3 Å². The lowest BCUT2D eigenvalue weighted by atomic mass is 10.1. The van der Waals surface area contributed by atoms with Crippen molar-refractivity contribution >= 4 is 16.7 Å². The highest BCUT2D eigenvalue weighted by Crippen LogP contribution is 2.30. The molecule has 2 aromatic rings. The molecule has 0 atom stereocenters. The van der Waals surface area contributed by atoms with Crippen LogP contribution in [0, 0.1) is 13.8 Å². The van der Waals surface area contributed by atoms with Crippen molar-refractivity contribution in [2.75, 3.05) is 12.8 Å². The number of hydrogen-bond donors (Lipinski definition) is 1. The number of nitrogens with zero attached hydrogens (tertiary/aromatic N) is 3. The molecule has 0 saturated heterocycles. The highest BCUT2D eigenvalue weighted by atomic mass is 16.5. The predicted molar refractivity (Wildman–Crippen MR) is 58.9 cm³/mol. The Balaban J connectivity index is 2.93. The van der Waals surface area contributed by atoms with Crippen molar-refractivity contribution in [1.29, 1.82) is 0 Å². The first-order valence-corrected chi connectivity index (χ1v) is 4.69. The molecule has 0 aliphatic rings. The van der Waals surface area contributed by atoms with E-state index < -0.39 is 0 Å². The van der Waals surface area contributed by atoms with E-state index in [1.54, 1.807) is 11.8 Å². The summed E-state index contributed by atoms with van der Waals surface area (Å²) in [6, 6.07) is 0. The molecule has 0 aliphatic carbocycles. The molecule has 0 bridgehead atoms. The number of aryl methyl sites for hydroxylation is 3. The molecule has 2 N–H and O–H groups in total. The van der Waals surface area contributed by atoms with Crippen LogP contribution in [-0.2, 0) is 7.05 Å². The second-order valence-corrected chi connectivity index (χ2v) is 3.57. The molecule has 80 valence electrons. The molecule has 0 saturated carbocycles. The Kier molecular flexibility index (Phi) is 2.03. The standard InChI is InChI=1S/C10H14N4O/c1-5-7-6(2)13-14(3)9(7)12-10(15-4)8(5)11/h11H2,1-4H3. The number of pyridine rings is 1. The molecule has 2 aromatic heterocycles. The van der Waals surface area contributed by atoms with Gasteiger partial charge in [-0.05, 0) is 19.4 Å². The largest absolute Gasteiger partial charge is 0.479 e. The first-order valence-electron chi connectivity index (χ1n) is 4.69. The Hall–Kier alpha value is -1.78. The fourth-order valence-corrected chi connectivity index (χ4v) is 1.82. The summed E-state index contributed by atoms with van der Waals surface area (Å²) >= 11 is 0. The molecule has 5 nitrogen and oxygen atoms in total. The third-order valence-electron chi connectivity index (χ3n) is 2.60. The molecular formula is C10H14N4O. The van der Waals surface area contributed by atoms with Crippen molar-refractivity contribution in [1.82, 2.24) is 14.8 Å². The monoisotopic (exact) mass is 206 g/mol. The summed E-state index contributed by atoms with van der Waals surface area (Å²) < 4.78 is 6.86. The van der Waals surface area contributed by atoms with Gasteiger partial charge in [0.1, 0.15) is 0 Å². The summed E-state index contributed by atoms with van der Waals surface area (Å²) in [5.74, 6) is 0.461. The molecule has 0 fully saturated rings. The van der Waals surface area contributed by atoms with Gasteiger partial charge in [-0.1, -0.05) is 0 Å². The molecule has 0 unspecified atom stereocenters. The molecule has 2 heterocycles.